The van der Waals surface area contributed by atoms with Gasteiger partial charge in [-0.05, 0) is 11.8 Å². The molecular weight excluding hydrogens is 418 g/mol. The van der Waals surface area contributed by atoms with Gasteiger partial charge in [0.15, 0.2) is 0 Å². The molecule has 0 saturated carbocycles. The molecule has 0 aliphatic carbocycles. The third-order valence-corrected chi connectivity index (χ3v) is 7.22. The third kappa shape index (κ3) is 10.1. The van der Waals surface area contributed by atoms with E-state index in [-0.39, 0.29) is 0 Å². The van der Waals surface area contributed by atoms with Crippen LogP contribution >= 0.6 is 0 Å². The molecule has 0 unspecified atom stereocenters. The molecule has 0 aromatic heterocycles. The molecule has 2 atom stereocenters. The van der Waals surface area contributed by atoms with Gasteiger partial charge in [-0.3, -0.25) is 19.6 Å². The number of fused-ring (bicyclic) bond motifs is 2. The predicted molar refractivity (Wildman–Crippen MR) is 134 cm³/mol. The van der Waals surface area contributed by atoms with Crippen LogP contribution in [0.5, 0.6) is 0 Å². The fourth-order valence-electron chi connectivity index (χ4n) is 5.21. The van der Waals surface area contributed by atoms with Crippen LogP contribution in [0.2, 0.25) is 0 Å². The summed E-state index contributed by atoms with van der Waals surface area (Å²) >= 11 is 0. The predicted octanol–water partition coefficient (Wildman–Crippen LogP) is 0.678. The van der Waals surface area contributed by atoms with Gasteiger partial charge in [0, 0.05) is 97.7 Å². The molecule has 3 aliphatic heterocycles. The van der Waals surface area contributed by atoms with Gasteiger partial charge in [-0.1, -0.05) is 20.8 Å². The minimum Gasteiger partial charge on any atom is -0.383 e. The van der Waals surface area contributed by atoms with Crippen LogP contribution < -0.4 is 5.32 Å². The van der Waals surface area contributed by atoms with Crippen LogP contribution in [0, 0.1) is 5.41 Å². The van der Waals surface area contributed by atoms with Crippen LogP contribution in [0.15, 0.2) is 0 Å². The van der Waals surface area contributed by atoms with Crippen molar-refractivity contribution in [2.24, 2.45) is 5.41 Å². The van der Waals surface area contributed by atoms with Crippen molar-refractivity contribution in [1.29, 1.82) is 0 Å². The van der Waals surface area contributed by atoms with Crippen molar-refractivity contribution in [3.8, 4) is 0 Å². The van der Waals surface area contributed by atoms with E-state index in [9.17, 15) is 0 Å². The lowest BCUT2D eigenvalue weighted by molar-refractivity contribution is 0.0415. The molecule has 0 aromatic rings. The zero-order chi connectivity index (χ0) is 23.5. The summed E-state index contributed by atoms with van der Waals surface area (Å²) in [5, 5.41) is 3.48. The summed E-state index contributed by atoms with van der Waals surface area (Å²) in [5.74, 6) is 0. The lowest BCUT2D eigenvalue weighted by Gasteiger charge is -2.35. The van der Waals surface area contributed by atoms with Crippen molar-refractivity contribution < 1.29 is 14.2 Å². The maximum Gasteiger partial charge on any atom is 0.0594 e. The molecule has 3 aliphatic rings. The number of piperazine rings is 2. The average molecular weight is 470 g/mol. The van der Waals surface area contributed by atoms with Crippen molar-refractivity contribution in [1.82, 2.24) is 24.9 Å². The van der Waals surface area contributed by atoms with Gasteiger partial charge < -0.3 is 19.5 Å². The number of hydrogen-bond donors (Lipinski definition) is 1. The Morgan fingerprint density at radius 2 is 1.24 bits per heavy atom. The molecule has 0 spiro atoms. The normalized spacial score (nSPS) is 25.5. The molecule has 0 aromatic carbocycles. The number of hydrogen-bond acceptors (Lipinski definition) is 8. The van der Waals surface area contributed by atoms with E-state index in [4.69, 9.17) is 14.2 Å². The fourth-order valence-corrected chi connectivity index (χ4v) is 5.21. The van der Waals surface area contributed by atoms with Gasteiger partial charge in [0.1, 0.15) is 0 Å². The number of rotatable bonds is 16. The molecule has 2 bridgehead atoms. The second-order valence-electron chi connectivity index (χ2n) is 11.2. The fraction of sp³-hybridized carbons (Fsp3) is 1.00. The Hall–Kier alpha value is -0.320. The zero-order valence-corrected chi connectivity index (χ0v) is 21.9. The second kappa shape index (κ2) is 14.3. The largest absolute Gasteiger partial charge is 0.383 e. The SMILES string of the molecule is COCCN1CCN(CCOCCN2C[C@@H]3C[C@H]2CN3CCOCCNCC(C)(C)C)CC1. The average Bonchev–Trinajstić information content (AvgIpc) is 3.37. The van der Waals surface area contributed by atoms with Crippen molar-refractivity contribution in [3.05, 3.63) is 0 Å². The molecule has 0 amide bonds. The summed E-state index contributed by atoms with van der Waals surface area (Å²) in [5.41, 5.74) is 0.339. The van der Waals surface area contributed by atoms with Crippen LogP contribution in [0.3, 0.4) is 0 Å². The highest BCUT2D eigenvalue weighted by Gasteiger charge is 2.42. The Labute approximate surface area is 202 Å². The highest BCUT2D eigenvalue weighted by molar-refractivity contribution is 4.99. The van der Waals surface area contributed by atoms with Crippen LogP contribution in [0.4, 0.5) is 0 Å². The van der Waals surface area contributed by atoms with Crippen LogP contribution in [0.1, 0.15) is 27.2 Å². The first-order valence-electron chi connectivity index (χ1n) is 13.2. The highest BCUT2D eigenvalue weighted by Crippen LogP contribution is 2.29. The molecule has 3 saturated heterocycles. The number of likely N-dealkylation sites (tertiary alicyclic amines) is 2. The molecule has 3 rings (SSSR count). The lowest BCUT2D eigenvalue weighted by Crippen LogP contribution is -2.48. The molecule has 3 heterocycles. The molecule has 3 fully saturated rings. The number of methoxy groups -OCH3 is 1. The van der Waals surface area contributed by atoms with Gasteiger partial charge in [0.05, 0.1) is 33.0 Å². The quantitative estimate of drug-likeness (QED) is 0.331. The summed E-state index contributed by atoms with van der Waals surface area (Å²) in [4.78, 5) is 10.3. The van der Waals surface area contributed by atoms with Crippen LogP contribution in [0.25, 0.3) is 0 Å². The van der Waals surface area contributed by atoms with E-state index in [2.05, 4.69) is 45.7 Å². The minimum absolute atomic E-state index is 0.339. The van der Waals surface area contributed by atoms with E-state index >= 15 is 0 Å². The Kier molecular flexibility index (Phi) is 11.8. The second-order valence-corrected chi connectivity index (χ2v) is 11.2. The van der Waals surface area contributed by atoms with Crippen molar-refractivity contribution >= 4 is 0 Å². The highest BCUT2D eigenvalue weighted by atomic mass is 16.5. The van der Waals surface area contributed by atoms with E-state index in [0.717, 1.165) is 98.5 Å². The van der Waals surface area contributed by atoms with Crippen molar-refractivity contribution in [2.45, 2.75) is 39.3 Å². The Bertz CT molecular complexity index is 525. The summed E-state index contributed by atoms with van der Waals surface area (Å²) in [6, 6.07) is 1.43. The first-order chi connectivity index (χ1) is 15.9. The number of nitrogens with zero attached hydrogens (tertiary/aromatic N) is 4. The Balaban J connectivity index is 1.14. The Morgan fingerprint density at radius 1 is 0.727 bits per heavy atom. The molecule has 0 radical (unpaired) electrons. The van der Waals surface area contributed by atoms with E-state index in [1.54, 1.807) is 7.11 Å². The molecule has 8 nitrogen and oxygen atoms in total. The van der Waals surface area contributed by atoms with E-state index in [1.807, 2.05) is 0 Å². The lowest BCUT2D eigenvalue weighted by atomic mass is 9.97. The minimum atomic E-state index is 0.339. The maximum atomic E-state index is 6.00. The standard InChI is InChI=1S/C25H51N5O3/c1-25(2,3)22-26-5-14-32-17-12-29-20-24-19-23(29)21-30(24)13-18-33-16-11-28-8-6-27(7-9-28)10-15-31-4/h23-24,26H,5-22H2,1-4H3/t23-,24-/m0/s1. The van der Waals surface area contributed by atoms with Gasteiger partial charge in [0.25, 0.3) is 0 Å². The summed E-state index contributed by atoms with van der Waals surface area (Å²) in [7, 11) is 1.78. The summed E-state index contributed by atoms with van der Waals surface area (Å²) in [6.45, 7) is 24.2. The van der Waals surface area contributed by atoms with E-state index in [0.29, 0.717) is 17.5 Å². The smallest absolute Gasteiger partial charge is 0.0594 e. The van der Waals surface area contributed by atoms with E-state index in [1.165, 1.54) is 19.5 Å². The van der Waals surface area contributed by atoms with Crippen molar-refractivity contribution in [3.63, 3.8) is 0 Å². The van der Waals surface area contributed by atoms with Gasteiger partial charge in [-0.25, -0.2) is 0 Å². The number of ether oxygens (including phenoxy) is 3. The summed E-state index contributed by atoms with van der Waals surface area (Å²) in [6.07, 6.45) is 1.32. The molecular formula is C25H51N5O3. The number of nitrogens with one attached hydrogen (secondary N) is 1. The van der Waals surface area contributed by atoms with Gasteiger partial charge >= 0.3 is 0 Å². The van der Waals surface area contributed by atoms with Gasteiger partial charge in [0.2, 0.25) is 0 Å². The van der Waals surface area contributed by atoms with Crippen LogP contribution in [-0.4, -0.2) is 150 Å². The zero-order valence-electron chi connectivity index (χ0n) is 21.9. The molecule has 8 heteroatoms. The van der Waals surface area contributed by atoms with E-state index < -0.39 is 0 Å². The Morgan fingerprint density at radius 3 is 1.76 bits per heavy atom. The first kappa shape index (κ1) is 27.3. The summed E-state index contributed by atoms with van der Waals surface area (Å²) < 4.78 is 17.0. The first-order valence-corrected chi connectivity index (χ1v) is 13.2. The van der Waals surface area contributed by atoms with Crippen molar-refractivity contribution in [2.75, 3.05) is 119 Å². The molecule has 1 N–H and O–H groups in total. The molecule has 33 heavy (non-hydrogen) atoms. The third-order valence-electron chi connectivity index (χ3n) is 7.22. The topological polar surface area (TPSA) is 52.7 Å². The maximum absolute atomic E-state index is 6.00. The molecule has 194 valence electrons. The van der Waals surface area contributed by atoms with Crippen LogP contribution in [-0.2, 0) is 14.2 Å². The van der Waals surface area contributed by atoms with Gasteiger partial charge in [-0.15, -0.1) is 0 Å². The monoisotopic (exact) mass is 469 g/mol. The van der Waals surface area contributed by atoms with Gasteiger partial charge in [-0.2, -0.15) is 0 Å².